The van der Waals surface area contributed by atoms with Crippen LogP contribution in [0.25, 0.3) is 0 Å². The maximum absolute atomic E-state index is 12.2. The maximum atomic E-state index is 12.2. The molecular formula is C19H24N2O2. The van der Waals surface area contributed by atoms with Crippen LogP contribution in [-0.2, 0) is 4.79 Å². The molecule has 23 heavy (non-hydrogen) atoms. The minimum atomic E-state index is -0.602. The zero-order chi connectivity index (χ0) is 16.8. The number of aryl methyl sites for hydroxylation is 1. The number of rotatable bonds is 6. The zero-order valence-electron chi connectivity index (χ0n) is 13.9. The number of aliphatic hydroxyl groups is 1. The molecule has 0 saturated heterocycles. The van der Waals surface area contributed by atoms with Crippen molar-refractivity contribution in [1.29, 1.82) is 0 Å². The van der Waals surface area contributed by atoms with Gasteiger partial charge in [0, 0.05) is 12.2 Å². The van der Waals surface area contributed by atoms with Crippen LogP contribution >= 0.6 is 0 Å². The van der Waals surface area contributed by atoms with Crippen molar-refractivity contribution < 1.29 is 9.90 Å². The predicted octanol–water partition coefficient (Wildman–Crippen LogP) is 2.91. The van der Waals surface area contributed by atoms with Gasteiger partial charge >= 0.3 is 0 Å². The van der Waals surface area contributed by atoms with Gasteiger partial charge in [-0.05, 0) is 43.7 Å². The Morgan fingerprint density at radius 2 is 1.83 bits per heavy atom. The van der Waals surface area contributed by atoms with Gasteiger partial charge < -0.3 is 10.4 Å². The first-order valence-corrected chi connectivity index (χ1v) is 7.75. The molecule has 0 heterocycles. The van der Waals surface area contributed by atoms with Gasteiger partial charge in [0.2, 0.25) is 5.91 Å². The van der Waals surface area contributed by atoms with Crippen LogP contribution in [0.5, 0.6) is 0 Å². The molecule has 0 spiro atoms. The van der Waals surface area contributed by atoms with Crippen LogP contribution in [0.2, 0.25) is 0 Å². The summed E-state index contributed by atoms with van der Waals surface area (Å²) in [5, 5.41) is 13.1. The zero-order valence-corrected chi connectivity index (χ0v) is 13.9. The Balaban J connectivity index is 1.88. The van der Waals surface area contributed by atoms with Crippen molar-refractivity contribution in [2.24, 2.45) is 0 Å². The highest BCUT2D eigenvalue weighted by Gasteiger charge is 2.13. The minimum absolute atomic E-state index is 0.0820. The van der Waals surface area contributed by atoms with Gasteiger partial charge in [0.25, 0.3) is 0 Å². The quantitative estimate of drug-likeness (QED) is 0.862. The van der Waals surface area contributed by atoms with Crippen molar-refractivity contribution in [1.82, 2.24) is 4.90 Å². The molecule has 0 radical (unpaired) electrons. The molecule has 0 saturated carbocycles. The highest BCUT2D eigenvalue weighted by Crippen LogP contribution is 2.18. The Hall–Kier alpha value is -2.17. The van der Waals surface area contributed by atoms with Gasteiger partial charge in [0.1, 0.15) is 0 Å². The van der Waals surface area contributed by atoms with E-state index in [2.05, 4.69) is 5.32 Å². The number of hydrogen-bond donors (Lipinski definition) is 2. The molecule has 0 aliphatic heterocycles. The van der Waals surface area contributed by atoms with E-state index in [9.17, 15) is 9.90 Å². The van der Waals surface area contributed by atoms with E-state index in [0.29, 0.717) is 6.54 Å². The first kappa shape index (κ1) is 17.2. The summed E-state index contributed by atoms with van der Waals surface area (Å²) < 4.78 is 0. The molecule has 2 aromatic carbocycles. The monoisotopic (exact) mass is 312 g/mol. The lowest BCUT2D eigenvalue weighted by molar-refractivity contribution is -0.117. The molecule has 0 aromatic heterocycles. The number of nitrogens with zero attached hydrogens (tertiary/aromatic N) is 1. The van der Waals surface area contributed by atoms with Gasteiger partial charge in [-0.1, -0.05) is 42.5 Å². The molecule has 1 amide bonds. The standard InChI is InChI=1S/C19H24N2O2/c1-14-8-7-11-17(15(14)2)20-19(23)13-21(3)12-18(22)16-9-5-4-6-10-16/h4-11,18,22H,12-13H2,1-3H3,(H,20,23). The number of anilines is 1. The van der Waals surface area contributed by atoms with Crippen molar-refractivity contribution in [3.63, 3.8) is 0 Å². The molecule has 0 fully saturated rings. The molecule has 4 heteroatoms. The SMILES string of the molecule is Cc1cccc(NC(=O)CN(C)CC(O)c2ccccc2)c1C. The molecule has 4 nitrogen and oxygen atoms in total. The molecule has 0 aliphatic carbocycles. The second kappa shape index (κ2) is 7.90. The Morgan fingerprint density at radius 3 is 2.52 bits per heavy atom. The van der Waals surface area contributed by atoms with Crippen molar-refractivity contribution in [3.05, 3.63) is 65.2 Å². The average Bonchev–Trinajstić information content (AvgIpc) is 2.52. The van der Waals surface area contributed by atoms with Gasteiger partial charge in [-0.2, -0.15) is 0 Å². The maximum Gasteiger partial charge on any atom is 0.238 e. The molecule has 1 unspecified atom stereocenters. The van der Waals surface area contributed by atoms with E-state index in [4.69, 9.17) is 0 Å². The van der Waals surface area contributed by atoms with E-state index in [1.165, 1.54) is 0 Å². The van der Waals surface area contributed by atoms with Crippen LogP contribution in [0, 0.1) is 13.8 Å². The summed E-state index contributed by atoms with van der Waals surface area (Å²) >= 11 is 0. The molecule has 2 rings (SSSR count). The van der Waals surface area contributed by atoms with E-state index in [1.807, 2.05) is 74.3 Å². The van der Waals surface area contributed by atoms with E-state index in [0.717, 1.165) is 22.4 Å². The predicted molar refractivity (Wildman–Crippen MR) is 93.4 cm³/mol. The number of hydrogen-bond acceptors (Lipinski definition) is 3. The van der Waals surface area contributed by atoms with Gasteiger partial charge in [-0.15, -0.1) is 0 Å². The summed E-state index contributed by atoms with van der Waals surface area (Å²) in [6, 6.07) is 15.3. The Morgan fingerprint density at radius 1 is 1.13 bits per heavy atom. The van der Waals surface area contributed by atoms with E-state index < -0.39 is 6.10 Å². The summed E-state index contributed by atoms with van der Waals surface area (Å²) in [5.41, 5.74) is 3.92. The number of benzene rings is 2. The molecule has 2 aromatic rings. The summed E-state index contributed by atoms with van der Waals surface area (Å²) in [5.74, 6) is -0.0820. The molecule has 1 atom stereocenters. The minimum Gasteiger partial charge on any atom is -0.387 e. The first-order valence-electron chi connectivity index (χ1n) is 7.75. The Kier molecular flexibility index (Phi) is 5.90. The first-order chi connectivity index (χ1) is 11.0. The van der Waals surface area contributed by atoms with Crippen LogP contribution in [0.1, 0.15) is 22.8 Å². The van der Waals surface area contributed by atoms with E-state index >= 15 is 0 Å². The molecule has 0 aliphatic rings. The lowest BCUT2D eigenvalue weighted by Gasteiger charge is -2.20. The topological polar surface area (TPSA) is 52.6 Å². The number of nitrogens with one attached hydrogen (secondary N) is 1. The van der Waals surface area contributed by atoms with Gasteiger partial charge in [-0.3, -0.25) is 9.69 Å². The van der Waals surface area contributed by atoms with Gasteiger partial charge in [0.15, 0.2) is 0 Å². The highest BCUT2D eigenvalue weighted by atomic mass is 16.3. The van der Waals surface area contributed by atoms with Crippen LogP contribution in [0.3, 0.4) is 0 Å². The lowest BCUT2D eigenvalue weighted by Crippen LogP contribution is -2.33. The van der Waals surface area contributed by atoms with Crippen molar-refractivity contribution in [2.75, 3.05) is 25.5 Å². The average molecular weight is 312 g/mol. The van der Waals surface area contributed by atoms with Crippen LogP contribution < -0.4 is 5.32 Å². The third kappa shape index (κ3) is 4.91. The van der Waals surface area contributed by atoms with Crippen LogP contribution in [0.15, 0.2) is 48.5 Å². The summed E-state index contributed by atoms with van der Waals surface area (Å²) in [6.07, 6.45) is -0.602. The molecule has 122 valence electrons. The number of amides is 1. The summed E-state index contributed by atoms with van der Waals surface area (Å²) in [4.78, 5) is 14.0. The number of likely N-dealkylation sites (N-methyl/N-ethyl adjacent to an activating group) is 1. The third-order valence-corrected chi connectivity index (χ3v) is 3.96. The Bertz CT molecular complexity index is 656. The second-order valence-corrected chi connectivity index (χ2v) is 5.92. The van der Waals surface area contributed by atoms with Gasteiger partial charge in [-0.25, -0.2) is 0 Å². The Labute approximate surface area is 137 Å². The van der Waals surface area contributed by atoms with Crippen molar-refractivity contribution >= 4 is 11.6 Å². The fourth-order valence-corrected chi connectivity index (χ4v) is 2.46. The van der Waals surface area contributed by atoms with Crippen LogP contribution in [-0.4, -0.2) is 36.1 Å². The fourth-order valence-electron chi connectivity index (χ4n) is 2.46. The molecule has 0 bridgehead atoms. The third-order valence-electron chi connectivity index (χ3n) is 3.96. The molecule has 2 N–H and O–H groups in total. The number of carbonyl (C=O) groups excluding carboxylic acids is 1. The smallest absolute Gasteiger partial charge is 0.238 e. The largest absolute Gasteiger partial charge is 0.387 e. The number of carbonyl (C=O) groups is 1. The van der Waals surface area contributed by atoms with Crippen molar-refractivity contribution in [3.8, 4) is 0 Å². The second-order valence-electron chi connectivity index (χ2n) is 5.92. The number of aliphatic hydroxyl groups excluding tert-OH is 1. The lowest BCUT2D eigenvalue weighted by atomic mass is 10.1. The summed E-state index contributed by atoms with van der Waals surface area (Å²) in [6.45, 7) is 4.66. The van der Waals surface area contributed by atoms with Crippen LogP contribution in [0.4, 0.5) is 5.69 Å². The summed E-state index contributed by atoms with van der Waals surface area (Å²) in [7, 11) is 1.83. The normalized spacial score (nSPS) is 12.2. The highest BCUT2D eigenvalue weighted by molar-refractivity contribution is 5.93. The van der Waals surface area contributed by atoms with E-state index in [1.54, 1.807) is 0 Å². The van der Waals surface area contributed by atoms with E-state index in [-0.39, 0.29) is 12.5 Å². The van der Waals surface area contributed by atoms with Gasteiger partial charge in [0.05, 0.1) is 12.6 Å². The molecular weight excluding hydrogens is 288 g/mol. The van der Waals surface area contributed by atoms with Crippen molar-refractivity contribution in [2.45, 2.75) is 20.0 Å². The fraction of sp³-hybridized carbons (Fsp3) is 0.316.